The fourth-order valence-corrected chi connectivity index (χ4v) is 18.8. The van der Waals surface area contributed by atoms with Crippen LogP contribution in [0.5, 0.6) is 5.75 Å². The molecule has 1 atom stereocenters. The van der Waals surface area contributed by atoms with E-state index in [0.29, 0.717) is 99.0 Å². The van der Waals surface area contributed by atoms with Crippen molar-refractivity contribution in [2.75, 3.05) is 49.8 Å². The lowest BCUT2D eigenvalue weighted by molar-refractivity contribution is -0.118. The molecule has 7 aromatic heterocycles. The Balaban J connectivity index is 0.000000146. The maximum absolute atomic E-state index is 14.3. The van der Waals surface area contributed by atoms with Crippen LogP contribution >= 0.6 is 23.2 Å². The first-order valence-electron chi connectivity index (χ1n) is 35.2. The number of anilines is 1. The summed E-state index contributed by atoms with van der Waals surface area (Å²) in [6.07, 6.45) is 6.37. The molecule has 0 N–H and O–H groups in total. The van der Waals surface area contributed by atoms with Crippen LogP contribution in [-0.4, -0.2) is 127 Å². The zero-order chi connectivity index (χ0) is 77.3. The predicted molar refractivity (Wildman–Crippen MR) is 420 cm³/mol. The van der Waals surface area contributed by atoms with E-state index >= 15 is 0 Å². The molecule has 0 radical (unpaired) electrons. The Morgan fingerprint density at radius 3 is 1.44 bits per heavy atom. The molecule has 27 heteroatoms. The van der Waals surface area contributed by atoms with Gasteiger partial charge in [0.05, 0.1) is 77.9 Å². The average molecular weight is 1580 g/mol. The summed E-state index contributed by atoms with van der Waals surface area (Å²) in [5.74, 6) is 0.826. The Hall–Kier alpha value is -11.1. The molecule has 0 saturated carbocycles. The third kappa shape index (κ3) is 18.4. The highest BCUT2D eigenvalue weighted by molar-refractivity contribution is 7.93. The third-order valence-electron chi connectivity index (χ3n) is 18.6. The number of hydrogen-bond donors (Lipinski definition) is 0. The number of carbonyl (C=O) groups excluding carboxylic acids is 3. The molecule has 22 nitrogen and oxygen atoms in total. The van der Waals surface area contributed by atoms with Crippen molar-refractivity contribution < 1.29 is 62.7 Å². The van der Waals surface area contributed by atoms with E-state index in [1.807, 2.05) is 123 Å². The number of ketones is 3. The van der Waals surface area contributed by atoms with Gasteiger partial charge in [-0.3, -0.25) is 14.4 Å². The van der Waals surface area contributed by atoms with Crippen LogP contribution in [0.2, 0.25) is 10.0 Å². The van der Waals surface area contributed by atoms with E-state index < -0.39 is 63.6 Å². The number of methoxy groups -OCH3 is 1. The second-order valence-corrected chi connectivity index (χ2v) is 33.7. The van der Waals surface area contributed by atoms with Crippen molar-refractivity contribution in [3.05, 3.63) is 292 Å². The van der Waals surface area contributed by atoms with Gasteiger partial charge >= 0.3 is 0 Å². The summed E-state index contributed by atoms with van der Waals surface area (Å²) in [6, 6.07) is 61.0. The monoisotopic (exact) mass is 1570 g/mol. The van der Waals surface area contributed by atoms with Gasteiger partial charge in [0.15, 0.2) is 46.9 Å². The maximum Gasteiger partial charge on any atom is 0.190 e. The number of fused-ring (bicyclic) bond motifs is 3. The van der Waals surface area contributed by atoms with Gasteiger partial charge in [-0.25, -0.2) is 30.2 Å². The first kappa shape index (κ1) is 77.1. The van der Waals surface area contributed by atoms with E-state index in [2.05, 4.69) is 37.5 Å². The van der Waals surface area contributed by atoms with Gasteiger partial charge in [0.25, 0.3) is 0 Å². The number of para-hydroxylation sites is 4. The number of aromatic nitrogens is 7. The Morgan fingerprint density at radius 1 is 0.482 bits per heavy atom. The number of morpholine rings is 1. The second kappa shape index (κ2) is 33.8. The first-order valence-corrected chi connectivity index (χ1v) is 40.8. The summed E-state index contributed by atoms with van der Waals surface area (Å²) < 4.78 is 113. The predicted octanol–water partition coefficient (Wildman–Crippen LogP) is 14.5. The average Bonchev–Trinajstić information content (AvgIpc) is 1.61. The normalized spacial score (nSPS) is 12.9. The highest BCUT2D eigenvalue weighted by atomic mass is 35.5. The van der Waals surface area contributed by atoms with Gasteiger partial charge in [0, 0.05) is 123 Å². The van der Waals surface area contributed by atoms with Gasteiger partial charge in [-0.1, -0.05) is 154 Å². The van der Waals surface area contributed by atoms with Gasteiger partial charge < -0.3 is 41.6 Å². The van der Waals surface area contributed by atoms with E-state index in [1.165, 1.54) is 0 Å². The highest BCUT2D eigenvalue weighted by Gasteiger charge is 2.37. The summed E-state index contributed by atoms with van der Waals surface area (Å²) in [4.78, 5) is 46.0. The summed E-state index contributed by atoms with van der Waals surface area (Å²) >= 11 is 12.3. The first-order chi connectivity index (χ1) is 52.9. The van der Waals surface area contributed by atoms with Gasteiger partial charge in [0.2, 0.25) is 0 Å². The summed E-state index contributed by atoms with van der Waals surface area (Å²) in [5.41, 5.74) is 9.09. The fourth-order valence-electron chi connectivity index (χ4n) is 13.5. The lowest BCUT2D eigenvalue weighted by Crippen LogP contribution is -2.36. The minimum absolute atomic E-state index is 0.0215. The third-order valence-corrected chi connectivity index (χ3v) is 24.6. The van der Waals surface area contributed by atoms with Crippen LogP contribution in [0.3, 0.4) is 0 Å². The number of halogens is 2. The van der Waals surface area contributed by atoms with Crippen molar-refractivity contribution in [2.24, 2.45) is 0 Å². The molecular weight excluding hydrogens is 1500 g/mol. The van der Waals surface area contributed by atoms with E-state index in [9.17, 15) is 39.6 Å². The van der Waals surface area contributed by atoms with E-state index in [-0.39, 0.29) is 40.4 Å². The number of sulfone groups is 3. The number of nitrogens with zero attached hydrogens (tertiary/aromatic N) is 8. The molecule has 7 aromatic carbocycles. The molecule has 0 amide bonds. The van der Waals surface area contributed by atoms with Gasteiger partial charge in [-0.15, -0.1) is 0 Å². The molecule has 15 rings (SSSR count). The topological polar surface area (TPSA) is 281 Å². The SMILES string of the molecule is COc1ccccc1Cn1cc(S(=O)(=O)CC(=O)Cc2cc(C)on2)c2ccccc21.Cc1cc(CC(=O)C(Cc2cccc(Cl)c2)S(=O)(=O)c2cn(Cc3cccc(Cl)c3)c3ccccc23)no1.Cc1cc(CC(=O)CS(=O)(=O)c2cn(Cc3cccc(-c4ccc(N5CCOCC5)nc4)c3)c3ccccc23)no1. The number of pyridine rings is 1. The number of hydrogen-bond acceptors (Lipinski definition) is 19. The van der Waals surface area contributed by atoms with E-state index in [1.54, 1.807) is 131 Å². The molecule has 1 fully saturated rings. The second-order valence-electron chi connectivity index (χ2n) is 26.8. The van der Waals surface area contributed by atoms with Crippen molar-refractivity contribution >= 4 is 109 Å². The van der Waals surface area contributed by atoms with Crippen LogP contribution in [0.25, 0.3) is 43.8 Å². The van der Waals surface area contributed by atoms with Crippen molar-refractivity contribution in [1.82, 2.24) is 34.2 Å². The zero-order valence-electron chi connectivity index (χ0n) is 60.4. The molecule has 0 aliphatic carbocycles. The molecule has 1 saturated heterocycles. The fraction of sp³-hybridized carbons (Fsp3) is 0.217. The van der Waals surface area contributed by atoms with Crippen molar-refractivity contribution in [3.63, 3.8) is 0 Å². The van der Waals surface area contributed by atoms with Crippen molar-refractivity contribution in [1.29, 1.82) is 0 Å². The maximum atomic E-state index is 14.3. The molecule has 0 spiro atoms. The standard InChI is InChI=1S/C31H30N4O5S.C29H24Cl2N2O4S.C23H22N2O5S/c1-22-15-26(33-40-22)17-27(36)21-41(37,38)30-20-35(29-8-3-2-7-28(29)30)19-23-5-4-6-24(16-23)25-9-10-31(32-18-25)34-11-13-39-14-12-34;1-19-12-24(32-37-19)16-27(34)28(15-20-6-4-8-22(30)13-20)38(35,36)29-18-33(26-11-3-2-10-25(26)29)17-21-7-5-9-23(31)14-21;1-16-11-18(24-30-16)12-19(26)15-31(27,28)23-14-25(21-9-5-4-8-20(21)23)13-17-7-3-6-10-22(17)29-2/h2-10,15-16,18,20H,11-14,17,19,21H2,1H3;2-14,18,28H,15-17H2,1H3;3-11,14H,12-13,15H2,1-2H3. The number of carbonyl (C=O) groups is 3. The minimum atomic E-state index is -4.13. The van der Waals surface area contributed by atoms with Crippen LogP contribution in [0.15, 0.2) is 253 Å². The Labute approximate surface area is 645 Å². The Bertz CT molecular complexity index is 6060. The largest absolute Gasteiger partial charge is 0.496 e. The number of Topliss-reactive ketones (excluding diaryl/α,β-unsaturated/α-hetero) is 3. The molecule has 1 aliphatic rings. The lowest BCUT2D eigenvalue weighted by Gasteiger charge is -2.27. The summed E-state index contributed by atoms with van der Waals surface area (Å²) in [6.45, 7) is 9.57. The van der Waals surface area contributed by atoms with Gasteiger partial charge in [0.1, 0.15) is 45.6 Å². The van der Waals surface area contributed by atoms with Crippen molar-refractivity contribution in [2.45, 2.75) is 86.0 Å². The van der Waals surface area contributed by atoms with Crippen LogP contribution in [0.4, 0.5) is 5.82 Å². The van der Waals surface area contributed by atoms with Crippen LogP contribution in [0.1, 0.15) is 56.6 Å². The molecular formula is C83H76Cl2N8O14S3. The minimum Gasteiger partial charge on any atom is -0.496 e. The molecule has 564 valence electrons. The van der Waals surface area contributed by atoms with E-state index in [0.717, 1.165) is 69.0 Å². The lowest BCUT2D eigenvalue weighted by atomic mass is 10.0. The zero-order valence-corrected chi connectivity index (χ0v) is 64.4. The Morgan fingerprint density at radius 2 is 0.936 bits per heavy atom. The number of rotatable bonds is 26. The number of ether oxygens (including phenoxy) is 2. The molecule has 110 heavy (non-hydrogen) atoms. The van der Waals surface area contributed by atoms with Crippen LogP contribution < -0.4 is 9.64 Å². The molecule has 1 unspecified atom stereocenters. The van der Waals surface area contributed by atoms with E-state index in [4.69, 9.17) is 46.2 Å². The van der Waals surface area contributed by atoms with Crippen LogP contribution in [-0.2, 0) is 93.9 Å². The van der Waals surface area contributed by atoms with Gasteiger partial charge in [-0.2, -0.15) is 0 Å². The van der Waals surface area contributed by atoms with Crippen molar-refractivity contribution in [3.8, 4) is 16.9 Å². The van der Waals surface area contributed by atoms with Gasteiger partial charge in [-0.05, 0) is 116 Å². The summed E-state index contributed by atoms with van der Waals surface area (Å²) in [5, 5.41) is 12.9. The molecule has 8 heterocycles. The highest BCUT2D eigenvalue weighted by Crippen LogP contribution is 2.35. The number of benzene rings is 7. The van der Waals surface area contributed by atoms with Crippen LogP contribution in [0, 0.1) is 20.8 Å². The molecule has 1 aliphatic heterocycles. The Kier molecular flexibility index (Phi) is 23.7. The molecule has 0 bridgehead atoms. The summed E-state index contributed by atoms with van der Waals surface area (Å²) in [7, 11) is -10.3. The number of aryl methyl sites for hydroxylation is 3. The quantitative estimate of drug-likeness (QED) is 0.0487. The smallest absolute Gasteiger partial charge is 0.190 e. The molecule has 14 aromatic rings.